The van der Waals surface area contributed by atoms with Gasteiger partial charge in [-0.05, 0) is 61.4 Å². The fourth-order valence-electron chi connectivity index (χ4n) is 2.56. The summed E-state index contributed by atoms with van der Waals surface area (Å²) in [6.07, 6.45) is 0.311. The number of anilines is 1. The summed E-state index contributed by atoms with van der Waals surface area (Å²) in [5.74, 6) is 1.12. The van der Waals surface area contributed by atoms with Gasteiger partial charge >= 0.3 is 0 Å². The van der Waals surface area contributed by atoms with Crippen LogP contribution in [0.25, 0.3) is 0 Å². The third-order valence-corrected chi connectivity index (χ3v) is 4.68. The summed E-state index contributed by atoms with van der Waals surface area (Å²) in [6, 6.07) is 15.8. The summed E-state index contributed by atoms with van der Waals surface area (Å²) >= 11 is 1.48. The van der Waals surface area contributed by atoms with Gasteiger partial charge in [-0.3, -0.25) is 4.79 Å². The Kier molecular flexibility index (Phi) is 6.91. The molecule has 0 atom stereocenters. The summed E-state index contributed by atoms with van der Waals surface area (Å²) in [7, 11) is 1.63. The molecule has 0 unspecified atom stereocenters. The first-order valence-electron chi connectivity index (χ1n) is 8.06. The van der Waals surface area contributed by atoms with E-state index in [0.29, 0.717) is 18.7 Å². The van der Waals surface area contributed by atoms with Gasteiger partial charge in [0, 0.05) is 17.1 Å². The Hall–Kier alpha value is -2.45. The van der Waals surface area contributed by atoms with Crippen molar-refractivity contribution in [1.29, 1.82) is 5.26 Å². The highest BCUT2D eigenvalue weighted by Gasteiger charge is 2.16. The van der Waals surface area contributed by atoms with Crippen LogP contribution >= 0.6 is 11.8 Å². The number of thioether (sulfide) groups is 1. The van der Waals surface area contributed by atoms with Crippen molar-refractivity contribution in [3.63, 3.8) is 0 Å². The average molecular weight is 354 g/mol. The normalized spacial score (nSPS) is 10.2. The van der Waals surface area contributed by atoms with Crippen molar-refractivity contribution in [2.75, 3.05) is 24.3 Å². The van der Waals surface area contributed by atoms with E-state index in [1.807, 2.05) is 50.2 Å². The molecule has 0 aliphatic carbocycles. The molecular weight excluding hydrogens is 332 g/mol. The standard InChI is InChI=1S/C20H22N2O2S/c1-15-11-16(2)13-17(12-15)22(10-4-9-21)20(23)14-25-19-7-5-18(24-3)6-8-19/h5-8,11-13H,4,10,14H2,1-3H3. The van der Waals surface area contributed by atoms with E-state index in [2.05, 4.69) is 12.1 Å². The summed E-state index contributed by atoms with van der Waals surface area (Å²) in [5.41, 5.74) is 3.06. The van der Waals surface area contributed by atoms with E-state index in [1.165, 1.54) is 11.8 Å². The van der Waals surface area contributed by atoms with Gasteiger partial charge in [0.2, 0.25) is 5.91 Å². The van der Waals surface area contributed by atoms with E-state index in [9.17, 15) is 4.79 Å². The molecular formula is C20H22N2O2S. The molecule has 0 spiro atoms. The van der Waals surface area contributed by atoms with Gasteiger partial charge in [0.25, 0.3) is 0 Å². The van der Waals surface area contributed by atoms with Crippen molar-refractivity contribution in [3.05, 3.63) is 53.6 Å². The monoisotopic (exact) mass is 354 g/mol. The molecule has 0 aliphatic heterocycles. The number of methoxy groups -OCH3 is 1. The molecule has 2 rings (SSSR count). The number of aryl methyl sites for hydroxylation is 2. The Balaban J connectivity index is 2.10. The van der Waals surface area contributed by atoms with Crippen molar-refractivity contribution < 1.29 is 9.53 Å². The fourth-order valence-corrected chi connectivity index (χ4v) is 3.34. The van der Waals surface area contributed by atoms with Gasteiger partial charge in [0.05, 0.1) is 25.4 Å². The van der Waals surface area contributed by atoms with Crippen molar-refractivity contribution >= 4 is 23.4 Å². The quantitative estimate of drug-likeness (QED) is 0.694. The second-order valence-corrected chi connectivity index (χ2v) is 6.81. The highest BCUT2D eigenvalue weighted by atomic mass is 32.2. The highest BCUT2D eigenvalue weighted by Crippen LogP contribution is 2.24. The van der Waals surface area contributed by atoms with Crippen LogP contribution in [0.4, 0.5) is 5.69 Å². The third-order valence-electron chi connectivity index (χ3n) is 3.69. The molecule has 0 aromatic heterocycles. The molecule has 0 heterocycles. The van der Waals surface area contributed by atoms with Gasteiger partial charge in [-0.2, -0.15) is 5.26 Å². The van der Waals surface area contributed by atoms with Crippen LogP contribution in [0.1, 0.15) is 17.5 Å². The lowest BCUT2D eigenvalue weighted by Gasteiger charge is -2.22. The SMILES string of the molecule is COc1ccc(SCC(=O)N(CCC#N)c2cc(C)cc(C)c2)cc1. The lowest BCUT2D eigenvalue weighted by atomic mass is 10.1. The Morgan fingerprint density at radius 1 is 1.16 bits per heavy atom. The zero-order valence-electron chi connectivity index (χ0n) is 14.8. The largest absolute Gasteiger partial charge is 0.497 e. The number of nitriles is 1. The number of benzene rings is 2. The van der Waals surface area contributed by atoms with Gasteiger partial charge < -0.3 is 9.64 Å². The van der Waals surface area contributed by atoms with Crippen LogP contribution in [-0.2, 0) is 4.79 Å². The molecule has 0 bridgehead atoms. The fraction of sp³-hybridized carbons (Fsp3) is 0.300. The van der Waals surface area contributed by atoms with Crippen molar-refractivity contribution in [1.82, 2.24) is 0 Å². The summed E-state index contributed by atoms with van der Waals surface area (Å²) < 4.78 is 5.14. The Labute approximate surface area is 153 Å². The number of carbonyl (C=O) groups excluding carboxylic acids is 1. The molecule has 1 amide bonds. The zero-order valence-corrected chi connectivity index (χ0v) is 15.6. The molecule has 0 saturated carbocycles. The first-order chi connectivity index (χ1) is 12.0. The molecule has 0 saturated heterocycles. The smallest absolute Gasteiger partial charge is 0.237 e. The van der Waals surface area contributed by atoms with Crippen LogP contribution in [0.3, 0.4) is 0 Å². The number of amides is 1. The van der Waals surface area contributed by atoms with Gasteiger partial charge in [0.1, 0.15) is 5.75 Å². The first-order valence-corrected chi connectivity index (χ1v) is 9.04. The molecule has 0 N–H and O–H groups in total. The Bertz CT molecular complexity index is 746. The Morgan fingerprint density at radius 3 is 2.36 bits per heavy atom. The minimum Gasteiger partial charge on any atom is -0.497 e. The van der Waals surface area contributed by atoms with Crippen LogP contribution in [0, 0.1) is 25.2 Å². The molecule has 0 radical (unpaired) electrons. The molecule has 130 valence electrons. The van der Waals surface area contributed by atoms with E-state index >= 15 is 0 Å². The molecule has 2 aromatic rings. The lowest BCUT2D eigenvalue weighted by molar-refractivity contribution is -0.116. The van der Waals surface area contributed by atoms with Crippen LogP contribution in [0.2, 0.25) is 0 Å². The lowest BCUT2D eigenvalue weighted by Crippen LogP contribution is -2.33. The zero-order chi connectivity index (χ0) is 18.2. The number of rotatable bonds is 7. The van der Waals surface area contributed by atoms with Gasteiger partial charge in [-0.25, -0.2) is 0 Å². The van der Waals surface area contributed by atoms with E-state index in [1.54, 1.807) is 12.0 Å². The van der Waals surface area contributed by atoms with E-state index < -0.39 is 0 Å². The maximum absolute atomic E-state index is 12.7. The first kappa shape index (κ1) is 18.9. The molecule has 5 heteroatoms. The van der Waals surface area contributed by atoms with Crippen LogP contribution in [0.15, 0.2) is 47.4 Å². The second-order valence-electron chi connectivity index (χ2n) is 5.76. The number of hydrogen-bond donors (Lipinski definition) is 0. The number of ether oxygens (including phenoxy) is 1. The van der Waals surface area contributed by atoms with Crippen LogP contribution < -0.4 is 9.64 Å². The maximum atomic E-state index is 12.7. The predicted molar refractivity (Wildman–Crippen MR) is 102 cm³/mol. The van der Waals surface area contributed by atoms with Gasteiger partial charge in [-0.15, -0.1) is 11.8 Å². The molecule has 0 fully saturated rings. The number of nitrogens with zero attached hydrogens (tertiary/aromatic N) is 2. The summed E-state index contributed by atoms with van der Waals surface area (Å²) in [5, 5.41) is 8.91. The minimum absolute atomic E-state index is 0.000989. The summed E-state index contributed by atoms with van der Waals surface area (Å²) in [4.78, 5) is 15.5. The summed E-state index contributed by atoms with van der Waals surface area (Å²) in [6.45, 7) is 4.42. The highest BCUT2D eigenvalue weighted by molar-refractivity contribution is 8.00. The van der Waals surface area contributed by atoms with Crippen molar-refractivity contribution in [2.24, 2.45) is 0 Å². The molecule has 25 heavy (non-hydrogen) atoms. The molecule has 4 nitrogen and oxygen atoms in total. The maximum Gasteiger partial charge on any atom is 0.237 e. The van der Waals surface area contributed by atoms with E-state index in [0.717, 1.165) is 27.5 Å². The second kappa shape index (κ2) is 9.14. The van der Waals surface area contributed by atoms with Crippen LogP contribution in [-0.4, -0.2) is 25.3 Å². The van der Waals surface area contributed by atoms with Crippen LogP contribution in [0.5, 0.6) is 5.75 Å². The average Bonchev–Trinajstić information content (AvgIpc) is 2.60. The predicted octanol–water partition coefficient (Wildman–Crippen LogP) is 4.35. The van der Waals surface area contributed by atoms with Gasteiger partial charge in [-0.1, -0.05) is 6.07 Å². The third kappa shape index (κ3) is 5.54. The topological polar surface area (TPSA) is 53.3 Å². The molecule has 0 aliphatic rings. The van der Waals surface area contributed by atoms with E-state index in [4.69, 9.17) is 10.00 Å². The van der Waals surface area contributed by atoms with Crippen molar-refractivity contribution in [2.45, 2.75) is 25.2 Å². The van der Waals surface area contributed by atoms with Crippen molar-refractivity contribution in [3.8, 4) is 11.8 Å². The van der Waals surface area contributed by atoms with E-state index in [-0.39, 0.29) is 5.91 Å². The van der Waals surface area contributed by atoms with Gasteiger partial charge in [0.15, 0.2) is 0 Å². The Morgan fingerprint density at radius 2 is 1.80 bits per heavy atom. The number of carbonyl (C=O) groups is 1. The minimum atomic E-state index is 0.000989. The number of hydrogen-bond acceptors (Lipinski definition) is 4. The molecule has 2 aromatic carbocycles.